The van der Waals surface area contributed by atoms with Crippen LogP contribution in [0.1, 0.15) is 29.2 Å². The second-order valence-electron chi connectivity index (χ2n) is 8.78. The minimum atomic E-state index is -1.16. The number of hydrogen-bond donors (Lipinski definition) is 3. The Balaban J connectivity index is 1.36. The van der Waals surface area contributed by atoms with Gasteiger partial charge in [-0.1, -0.05) is 60.7 Å². The Morgan fingerprint density at radius 1 is 0.974 bits per heavy atom. The van der Waals surface area contributed by atoms with Crippen LogP contribution in [0.3, 0.4) is 0 Å². The molecule has 1 heterocycles. The van der Waals surface area contributed by atoms with Crippen molar-refractivity contribution >= 4 is 17.9 Å². The number of amidine groups is 1. The largest absolute Gasteiger partial charge is 0.490 e. The molecule has 1 amide bonds. The van der Waals surface area contributed by atoms with Gasteiger partial charge in [-0.15, -0.1) is 0 Å². The molecule has 3 aromatic carbocycles. The molecule has 1 fully saturated rings. The van der Waals surface area contributed by atoms with E-state index < -0.39 is 24.3 Å². The standard InChI is InChI=1S/C28H30N4O6/c29-26(31-22-15-16-32(17-22)28(34)35)21-11-13-23(14-12-21)36-18-24(38-30)27(33)37-25(19-7-3-1-4-8-19)20-9-5-2-6-10-20/h1-14,22,24-25H,15-18,30H2,(H2,29,31)(H,34,35)/t22?,24-/m0/s1. The zero-order valence-electron chi connectivity index (χ0n) is 20.7. The van der Waals surface area contributed by atoms with E-state index in [-0.39, 0.29) is 12.6 Å². The molecule has 0 radical (unpaired) electrons. The molecule has 38 heavy (non-hydrogen) atoms. The summed E-state index contributed by atoms with van der Waals surface area (Å²) >= 11 is 0. The van der Waals surface area contributed by atoms with Gasteiger partial charge in [-0.3, -0.25) is 9.83 Å². The summed E-state index contributed by atoms with van der Waals surface area (Å²) in [4.78, 5) is 34.7. The molecule has 0 spiro atoms. The van der Waals surface area contributed by atoms with E-state index in [4.69, 9.17) is 31.0 Å². The van der Waals surface area contributed by atoms with Crippen molar-refractivity contribution < 1.29 is 29.0 Å². The molecule has 0 saturated carbocycles. The molecular formula is C28H30N4O6. The van der Waals surface area contributed by atoms with Crippen molar-refractivity contribution in [1.82, 2.24) is 4.90 Å². The fourth-order valence-corrected chi connectivity index (χ4v) is 4.13. The number of carbonyl (C=O) groups is 2. The fourth-order valence-electron chi connectivity index (χ4n) is 4.13. The number of nitrogens with zero attached hydrogens (tertiary/aromatic N) is 2. The lowest BCUT2D eigenvalue weighted by Crippen LogP contribution is -2.35. The number of carboxylic acid groups (broad SMARTS) is 1. The summed E-state index contributed by atoms with van der Waals surface area (Å²) in [5, 5.41) is 9.09. The Morgan fingerprint density at radius 2 is 1.58 bits per heavy atom. The molecule has 10 nitrogen and oxygen atoms in total. The third kappa shape index (κ3) is 6.87. The van der Waals surface area contributed by atoms with Crippen LogP contribution in [0.2, 0.25) is 0 Å². The summed E-state index contributed by atoms with van der Waals surface area (Å²) in [6, 6.07) is 25.5. The summed E-state index contributed by atoms with van der Waals surface area (Å²) < 4.78 is 11.5. The van der Waals surface area contributed by atoms with Crippen molar-refractivity contribution in [3.8, 4) is 5.75 Å². The first-order chi connectivity index (χ1) is 18.4. The number of carbonyl (C=O) groups excluding carboxylic acids is 1. The van der Waals surface area contributed by atoms with Gasteiger partial charge in [-0.25, -0.2) is 15.5 Å². The van der Waals surface area contributed by atoms with E-state index in [1.54, 1.807) is 24.3 Å². The van der Waals surface area contributed by atoms with Crippen LogP contribution in [0.15, 0.2) is 89.9 Å². The van der Waals surface area contributed by atoms with Gasteiger partial charge in [-0.2, -0.15) is 0 Å². The van der Waals surface area contributed by atoms with Crippen LogP contribution >= 0.6 is 0 Å². The second-order valence-corrected chi connectivity index (χ2v) is 8.78. The predicted molar refractivity (Wildman–Crippen MR) is 141 cm³/mol. The summed E-state index contributed by atoms with van der Waals surface area (Å²) in [6.07, 6.45) is -2.12. The van der Waals surface area contributed by atoms with Crippen molar-refractivity contribution in [2.75, 3.05) is 19.7 Å². The van der Waals surface area contributed by atoms with E-state index in [0.717, 1.165) is 11.1 Å². The number of esters is 1. The van der Waals surface area contributed by atoms with Gasteiger partial charge in [-0.05, 0) is 41.8 Å². The summed E-state index contributed by atoms with van der Waals surface area (Å²) in [5.41, 5.74) is 8.41. The Kier molecular flexibility index (Phi) is 8.91. The molecule has 1 aliphatic heterocycles. The van der Waals surface area contributed by atoms with Crippen molar-refractivity contribution in [3.63, 3.8) is 0 Å². The topological polar surface area (TPSA) is 150 Å². The smallest absolute Gasteiger partial charge is 0.407 e. The van der Waals surface area contributed by atoms with E-state index >= 15 is 0 Å². The Bertz CT molecular complexity index is 1200. The number of benzene rings is 3. The molecule has 5 N–H and O–H groups in total. The van der Waals surface area contributed by atoms with Gasteiger partial charge >= 0.3 is 12.1 Å². The van der Waals surface area contributed by atoms with E-state index in [9.17, 15) is 9.59 Å². The lowest BCUT2D eigenvalue weighted by molar-refractivity contribution is -0.163. The van der Waals surface area contributed by atoms with E-state index in [0.29, 0.717) is 36.7 Å². The number of ether oxygens (including phenoxy) is 2. The minimum absolute atomic E-state index is 0.165. The average Bonchev–Trinajstić information content (AvgIpc) is 3.42. The first-order valence-corrected chi connectivity index (χ1v) is 12.1. The molecule has 1 aliphatic rings. The quantitative estimate of drug-likeness (QED) is 0.160. The van der Waals surface area contributed by atoms with E-state index in [2.05, 4.69) is 4.99 Å². The third-order valence-corrected chi connectivity index (χ3v) is 6.17. The fraction of sp³-hybridized carbons (Fsp3) is 0.250. The van der Waals surface area contributed by atoms with Crippen molar-refractivity contribution in [3.05, 3.63) is 102 Å². The van der Waals surface area contributed by atoms with Gasteiger partial charge in [0.05, 0.1) is 6.04 Å². The number of amides is 1. The van der Waals surface area contributed by atoms with Crippen LogP contribution < -0.4 is 16.4 Å². The molecule has 198 valence electrons. The maximum absolute atomic E-state index is 12.9. The monoisotopic (exact) mass is 518 g/mol. The number of likely N-dealkylation sites (tertiary alicyclic amines) is 1. The molecule has 2 atom stereocenters. The van der Waals surface area contributed by atoms with Gasteiger partial charge in [0.1, 0.15) is 18.2 Å². The summed E-state index contributed by atoms with van der Waals surface area (Å²) in [7, 11) is 0. The number of aliphatic imine (C=N–C) groups is 1. The van der Waals surface area contributed by atoms with Crippen LogP contribution in [0.25, 0.3) is 0 Å². The van der Waals surface area contributed by atoms with Crippen molar-refractivity contribution in [2.24, 2.45) is 16.6 Å². The Morgan fingerprint density at radius 3 is 2.11 bits per heavy atom. The molecule has 0 aliphatic carbocycles. The lowest BCUT2D eigenvalue weighted by atomic mass is 10.0. The molecular weight excluding hydrogens is 488 g/mol. The molecule has 4 rings (SSSR count). The van der Waals surface area contributed by atoms with Gasteiger partial charge < -0.3 is 25.2 Å². The maximum atomic E-state index is 12.9. The number of hydrogen-bond acceptors (Lipinski definition) is 7. The zero-order valence-corrected chi connectivity index (χ0v) is 20.7. The Labute approximate surface area is 220 Å². The highest BCUT2D eigenvalue weighted by molar-refractivity contribution is 5.97. The summed E-state index contributed by atoms with van der Waals surface area (Å²) in [5.74, 6) is 5.53. The van der Waals surface area contributed by atoms with Crippen LogP contribution in [0.4, 0.5) is 4.79 Å². The minimum Gasteiger partial charge on any atom is -0.490 e. The van der Waals surface area contributed by atoms with E-state index in [1.165, 1.54) is 4.90 Å². The highest BCUT2D eigenvalue weighted by atomic mass is 16.7. The molecule has 0 aromatic heterocycles. The van der Waals surface area contributed by atoms with Crippen LogP contribution in [-0.2, 0) is 14.4 Å². The Hall–Kier alpha value is -4.41. The van der Waals surface area contributed by atoms with Gasteiger partial charge in [0.15, 0.2) is 6.10 Å². The third-order valence-electron chi connectivity index (χ3n) is 6.17. The highest BCUT2D eigenvalue weighted by Crippen LogP contribution is 2.26. The van der Waals surface area contributed by atoms with Crippen LogP contribution in [0, 0.1) is 0 Å². The molecule has 10 heteroatoms. The van der Waals surface area contributed by atoms with Crippen LogP contribution in [-0.4, -0.2) is 59.7 Å². The summed E-state index contributed by atoms with van der Waals surface area (Å²) in [6.45, 7) is 0.596. The van der Waals surface area contributed by atoms with Crippen LogP contribution in [0.5, 0.6) is 5.75 Å². The molecule has 1 unspecified atom stereocenters. The van der Waals surface area contributed by atoms with Crippen molar-refractivity contribution in [1.29, 1.82) is 0 Å². The molecule has 3 aromatic rings. The predicted octanol–water partition coefficient (Wildman–Crippen LogP) is 3.11. The maximum Gasteiger partial charge on any atom is 0.407 e. The van der Waals surface area contributed by atoms with E-state index in [1.807, 2.05) is 60.7 Å². The number of nitrogens with two attached hydrogens (primary N) is 2. The highest BCUT2D eigenvalue weighted by Gasteiger charge is 2.27. The second kappa shape index (κ2) is 12.7. The lowest BCUT2D eigenvalue weighted by Gasteiger charge is -2.22. The van der Waals surface area contributed by atoms with Gasteiger partial charge in [0.25, 0.3) is 0 Å². The number of rotatable bonds is 10. The molecule has 0 bridgehead atoms. The van der Waals surface area contributed by atoms with Gasteiger partial charge in [0, 0.05) is 18.7 Å². The van der Waals surface area contributed by atoms with Gasteiger partial charge in [0.2, 0.25) is 6.10 Å². The normalized spacial score (nSPS) is 16.3. The zero-order chi connectivity index (χ0) is 26.9. The first-order valence-electron chi connectivity index (χ1n) is 12.1. The van der Waals surface area contributed by atoms with Crippen molar-refractivity contribution in [2.45, 2.75) is 24.7 Å². The SMILES string of the molecule is NO[C@@H](COc1ccc(C(N)=NC2CCN(C(=O)O)C2)cc1)C(=O)OC(c1ccccc1)c1ccccc1. The average molecular weight is 519 g/mol. The molecule has 1 saturated heterocycles. The first kappa shape index (κ1) is 26.6.